The minimum atomic E-state index is 1.08. The molecule has 2 aromatic rings. The van der Waals surface area contributed by atoms with Gasteiger partial charge in [0.1, 0.15) is 0 Å². The summed E-state index contributed by atoms with van der Waals surface area (Å²) >= 11 is 0. The predicted octanol–water partition coefficient (Wildman–Crippen LogP) is 6.21. The molecule has 0 N–H and O–H groups in total. The number of hydrogen-bond acceptors (Lipinski definition) is 1. The Labute approximate surface area is 135 Å². The lowest BCUT2D eigenvalue weighted by Crippen LogP contribution is -1.90. The summed E-state index contributed by atoms with van der Waals surface area (Å²) in [4.78, 5) is 4.63. The minimum absolute atomic E-state index is 1.08. The molecule has 0 bridgehead atoms. The molecule has 22 heavy (non-hydrogen) atoms. The smallest absolute Gasteiger partial charge is 0.0702 e. The van der Waals surface area contributed by atoms with Crippen LogP contribution < -0.4 is 0 Å². The molecule has 1 heteroatoms. The number of pyridine rings is 1. The van der Waals surface area contributed by atoms with Crippen LogP contribution in [0.3, 0.4) is 0 Å². The lowest BCUT2D eigenvalue weighted by Gasteiger charge is -2.05. The quantitative estimate of drug-likeness (QED) is 0.501. The zero-order valence-electron chi connectivity index (χ0n) is 14.1. The second-order valence-corrected chi connectivity index (χ2v) is 6.16. The molecule has 1 aromatic carbocycles. The van der Waals surface area contributed by atoms with Gasteiger partial charge in [-0.05, 0) is 42.9 Å². The third-order valence-corrected chi connectivity index (χ3v) is 4.21. The Hall–Kier alpha value is -1.63. The van der Waals surface area contributed by atoms with E-state index in [1.54, 1.807) is 0 Å². The average Bonchev–Trinajstić information content (AvgIpc) is 2.57. The fraction of sp³-hybridized carbons (Fsp3) is 0.476. The predicted molar refractivity (Wildman–Crippen MR) is 96.1 cm³/mol. The van der Waals surface area contributed by atoms with Gasteiger partial charge >= 0.3 is 0 Å². The van der Waals surface area contributed by atoms with E-state index in [-0.39, 0.29) is 0 Å². The molecule has 0 aliphatic heterocycles. The van der Waals surface area contributed by atoms with Crippen molar-refractivity contribution in [1.82, 2.24) is 4.98 Å². The number of nitrogens with zero attached hydrogens (tertiary/aromatic N) is 1. The third kappa shape index (κ3) is 5.29. The van der Waals surface area contributed by atoms with Crippen molar-refractivity contribution in [3.8, 4) is 11.3 Å². The Morgan fingerprint density at radius 1 is 0.682 bits per heavy atom. The van der Waals surface area contributed by atoms with Gasteiger partial charge in [-0.25, -0.2) is 0 Å². The molecule has 0 saturated carbocycles. The van der Waals surface area contributed by atoms with Crippen LogP contribution in [0, 0.1) is 0 Å². The van der Waals surface area contributed by atoms with Crippen LogP contribution in [0.25, 0.3) is 11.3 Å². The van der Waals surface area contributed by atoms with Crippen LogP contribution in [0.2, 0.25) is 0 Å². The van der Waals surface area contributed by atoms with E-state index in [1.165, 1.54) is 61.6 Å². The van der Waals surface area contributed by atoms with Crippen molar-refractivity contribution in [3.05, 3.63) is 53.7 Å². The Morgan fingerprint density at radius 3 is 1.82 bits per heavy atom. The van der Waals surface area contributed by atoms with E-state index in [1.807, 2.05) is 6.20 Å². The highest BCUT2D eigenvalue weighted by atomic mass is 14.7. The Morgan fingerprint density at radius 2 is 1.27 bits per heavy atom. The van der Waals surface area contributed by atoms with Gasteiger partial charge in [-0.2, -0.15) is 0 Å². The van der Waals surface area contributed by atoms with Gasteiger partial charge in [-0.15, -0.1) is 0 Å². The average molecular weight is 295 g/mol. The van der Waals surface area contributed by atoms with Crippen LogP contribution in [0.1, 0.15) is 63.5 Å². The van der Waals surface area contributed by atoms with E-state index >= 15 is 0 Å². The van der Waals surface area contributed by atoms with E-state index in [2.05, 4.69) is 55.2 Å². The van der Waals surface area contributed by atoms with Gasteiger partial charge in [0.05, 0.1) is 5.69 Å². The molecule has 0 fully saturated rings. The van der Waals surface area contributed by atoms with Gasteiger partial charge in [0.15, 0.2) is 0 Å². The van der Waals surface area contributed by atoms with Crippen LogP contribution in [0.4, 0.5) is 0 Å². The molecule has 0 amide bonds. The molecular formula is C21H29N. The summed E-state index contributed by atoms with van der Waals surface area (Å²) in [5.41, 5.74) is 5.10. The van der Waals surface area contributed by atoms with Gasteiger partial charge in [-0.3, -0.25) is 4.98 Å². The standard InChI is InChI=1S/C21H29N/c1-3-5-7-9-18-11-14-20(15-12-18)21-16-13-19(17-22-21)10-8-6-4-2/h11-17H,3-10H2,1-2H3. The molecule has 0 atom stereocenters. The van der Waals surface area contributed by atoms with Crippen LogP contribution >= 0.6 is 0 Å². The fourth-order valence-corrected chi connectivity index (χ4v) is 2.74. The highest BCUT2D eigenvalue weighted by molar-refractivity contribution is 5.59. The van der Waals surface area contributed by atoms with Crippen LogP contribution in [-0.4, -0.2) is 4.98 Å². The highest BCUT2D eigenvalue weighted by Gasteiger charge is 2.01. The summed E-state index contributed by atoms with van der Waals surface area (Å²) in [7, 11) is 0. The summed E-state index contributed by atoms with van der Waals surface area (Å²) in [6.45, 7) is 4.49. The van der Waals surface area contributed by atoms with Gasteiger partial charge in [-0.1, -0.05) is 69.9 Å². The van der Waals surface area contributed by atoms with Crippen molar-refractivity contribution < 1.29 is 0 Å². The highest BCUT2D eigenvalue weighted by Crippen LogP contribution is 2.19. The number of aromatic nitrogens is 1. The number of benzene rings is 1. The monoisotopic (exact) mass is 295 g/mol. The first kappa shape index (κ1) is 16.7. The van der Waals surface area contributed by atoms with E-state index in [0.717, 1.165) is 12.1 Å². The van der Waals surface area contributed by atoms with Crippen LogP contribution in [0.15, 0.2) is 42.6 Å². The molecule has 1 nitrogen and oxygen atoms in total. The van der Waals surface area contributed by atoms with Crippen molar-refractivity contribution in [2.24, 2.45) is 0 Å². The number of unbranched alkanes of at least 4 members (excludes halogenated alkanes) is 4. The first-order valence-corrected chi connectivity index (χ1v) is 8.87. The molecule has 0 unspecified atom stereocenters. The van der Waals surface area contributed by atoms with Crippen LogP contribution in [0.5, 0.6) is 0 Å². The van der Waals surface area contributed by atoms with E-state index in [0.29, 0.717) is 0 Å². The SMILES string of the molecule is CCCCCc1ccc(-c2ccc(CCCCC)cn2)cc1. The Kier molecular flexibility index (Phi) is 7.15. The van der Waals surface area contributed by atoms with Gasteiger partial charge in [0.2, 0.25) is 0 Å². The first-order valence-electron chi connectivity index (χ1n) is 8.87. The zero-order chi connectivity index (χ0) is 15.6. The maximum absolute atomic E-state index is 4.63. The lowest BCUT2D eigenvalue weighted by atomic mass is 10.0. The topological polar surface area (TPSA) is 12.9 Å². The summed E-state index contributed by atoms with van der Waals surface area (Å²) in [5, 5.41) is 0. The zero-order valence-corrected chi connectivity index (χ0v) is 14.1. The number of rotatable bonds is 9. The molecule has 0 saturated heterocycles. The maximum atomic E-state index is 4.63. The summed E-state index contributed by atoms with van der Waals surface area (Å²) in [6.07, 6.45) is 12.1. The summed E-state index contributed by atoms with van der Waals surface area (Å²) in [5.74, 6) is 0. The molecule has 118 valence electrons. The molecule has 1 aromatic heterocycles. The molecule has 1 heterocycles. The van der Waals surface area contributed by atoms with Gasteiger partial charge in [0, 0.05) is 11.8 Å². The number of hydrogen-bond donors (Lipinski definition) is 0. The van der Waals surface area contributed by atoms with Crippen molar-refractivity contribution >= 4 is 0 Å². The Bertz CT molecular complexity index is 473. The second kappa shape index (κ2) is 9.40. The van der Waals surface area contributed by atoms with Crippen LogP contribution in [-0.2, 0) is 12.8 Å². The lowest BCUT2D eigenvalue weighted by molar-refractivity contribution is 0.716. The molecule has 0 radical (unpaired) electrons. The minimum Gasteiger partial charge on any atom is -0.256 e. The molecule has 0 aliphatic carbocycles. The fourth-order valence-electron chi connectivity index (χ4n) is 2.74. The van der Waals surface area contributed by atoms with Crippen molar-refractivity contribution in [2.75, 3.05) is 0 Å². The first-order chi connectivity index (χ1) is 10.8. The number of aryl methyl sites for hydroxylation is 2. The summed E-state index contributed by atoms with van der Waals surface area (Å²) in [6, 6.07) is 13.3. The molecule has 2 rings (SSSR count). The largest absolute Gasteiger partial charge is 0.256 e. The van der Waals surface area contributed by atoms with E-state index in [4.69, 9.17) is 0 Å². The summed E-state index contributed by atoms with van der Waals surface area (Å²) < 4.78 is 0. The third-order valence-electron chi connectivity index (χ3n) is 4.21. The Balaban J connectivity index is 1.93. The van der Waals surface area contributed by atoms with E-state index in [9.17, 15) is 0 Å². The molecular weight excluding hydrogens is 266 g/mol. The normalized spacial score (nSPS) is 10.8. The van der Waals surface area contributed by atoms with Crippen molar-refractivity contribution in [2.45, 2.75) is 65.2 Å². The van der Waals surface area contributed by atoms with Gasteiger partial charge in [0.25, 0.3) is 0 Å². The molecule has 0 spiro atoms. The van der Waals surface area contributed by atoms with E-state index < -0.39 is 0 Å². The second-order valence-electron chi connectivity index (χ2n) is 6.16. The molecule has 0 aliphatic rings. The maximum Gasteiger partial charge on any atom is 0.0702 e. The van der Waals surface area contributed by atoms with Crippen molar-refractivity contribution in [3.63, 3.8) is 0 Å². The van der Waals surface area contributed by atoms with Crippen molar-refractivity contribution in [1.29, 1.82) is 0 Å². The van der Waals surface area contributed by atoms with Gasteiger partial charge < -0.3 is 0 Å².